The van der Waals surface area contributed by atoms with Crippen LogP contribution in [-0.4, -0.2) is 0 Å². The average Bonchev–Trinajstić information content (AvgIpc) is 3.08. The van der Waals surface area contributed by atoms with Gasteiger partial charge in [-0.3, -0.25) is 0 Å². The van der Waals surface area contributed by atoms with Crippen molar-refractivity contribution in [1.29, 1.82) is 0 Å². The number of benzene rings is 1. The average molecular weight is 396 g/mol. The van der Waals surface area contributed by atoms with Crippen LogP contribution in [0.3, 0.4) is 0 Å². The van der Waals surface area contributed by atoms with E-state index in [2.05, 4.69) is 47.1 Å². The zero-order valence-electron chi connectivity index (χ0n) is 20.3. The first-order valence-corrected chi connectivity index (χ1v) is 13.0. The van der Waals surface area contributed by atoms with Crippen LogP contribution >= 0.6 is 0 Å². The maximum Gasteiger partial charge on any atom is 0.0167 e. The fourth-order valence-electron chi connectivity index (χ4n) is 4.89. The number of rotatable bonds is 15. The van der Waals surface area contributed by atoms with Crippen LogP contribution in [0, 0.1) is 6.42 Å². The molecule has 0 N–H and O–H groups in total. The second-order valence-electron chi connectivity index (χ2n) is 9.12. The highest BCUT2D eigenvalue weighted by molar-refractivity contribution is 5.83. The summed E-state index contributed by atoms with van der Waals surface area (Å²) < 4.78 is 0. The van der Waals surface area contributed by atoms with Crippen molar-refractivity contribution in [2.45, 2.75) is 131 Å². The molecule has 0 saturated heterocycles. The SMILES string of the molecule is CCCCC1=C(CCCC)c2c(cc(CCCC)c(CCCC)c2CCCC)[CH]1. The van der Waals surface area contributed by atoms with E-state index in [0.29, 0.717) is 0 Å². The number of hydrogen-bond acceptors (Lipinski definition) is 0. The molecule has 0 aliphatic heterocycles. The Morgan fingerprint density at radius 2 is 1.07 bits per heavy atom. The van der Waals surface area contributed by atoms with Crippen molar-refractivity contribution in [3.05, 3.63) is 45.9 Å². The van der Waals surface area contributed by atoms with Crippen molar-refractivity contribution in [1.82, 2.24) is 0 Å². The van der Waals surface area contributed by atoms with Crippen LogP contribution in [0.2, 0.25) is 0 Å². The first-order valence-electron chi connectivity index (χ1n) is 13.0. The highest BCUT2D eigenvalue weighted by Crippen LogP contribution is 2.44. The van der Waals surface area contributed by atoms with Gasteiger partial charge in [-0.25, -0.2) is 0 Å². The summed E-state index contributed by atoms with van der Waals surface area (Å²) in [5.74, 6) is 0. The van der Waals surface area contributed by atoms with E-state index in [-0.39, 0.29) is 0 Å². The normalized spacial score (nSPS) is 13.4. The molecule has 0 fully saturated rings. The lowest BCUT2D eigenvalue weighted by Gasteiger charge is -2.22. The van der Waals surface area contributed by atoms with E-state index in [4.69, 9.17) is 0 Å². The summed E-state index contributed by atoms with van der Waals surface area (Å²) in [6.45, 7) is 11.7. The van der Waals surface area contributed by atoms with E-state index >= 15 is 0 Å². The highest BCUT2D eigenvalue weighted by atomic mass is 14.3. The summed E-state index contributed by atoms with van der Waals surface area (Å²) in [5, 5.41) is 0. The lowest BCUT2D eigenvalue weighted by molar-refractivity contribution is 0.732. The minimum absolute atomic E-state index is 1.27. The molecule has 1 aliphatic carbocycles. The van der Waals surface area contributed by atoms with Crippen LogP contribution in [-0.2, 0) is 19.3 Å². The van der Waals surface area contributed by atoms with E-state index < -0.39 is 0 Å². The molecule has 1 radical (unpaired) electrons. The van der Waals surface area contributed by atoms with Gasteiger partial charge in [-0.1, -0.05) is 78.4 Å². The zero-order valence-corrected chi connectivity index (χ0v) is 20.3. The summed E-state index contributed by atoms with van der Waals surface area (Å²) in [4.78, 5) is 0. The summed E-state index contributed by atoms with van der Waals surface area (Å²) in [5.41, 5.74) is 11.8. The molecule has 0 aromatic heterocycles. The molecule has 163 valence electrons. The molecule has 0 atom stereocenters. The minimum atomic E-state index is 1.27. The molecule has 0 heterocycles. The Bertz CT molecular complexity index is 646. The standard InChI is InChI=1S/C29H47/c1-6-11-16-23-21-25-22-24(17-12-7-2)27(19-14-9-4)29(25)28(20-15-10-5)26(23)18-13-8-3/h21-22H,6-20H2,1-5H3. The van der Waals surface area contributed by atoms with E-state index in [1.54, 1.807) is 39.0 Å². The van der Waals surface area contributed by atoms with Gasteiger partial charge in [0.15, 0.2) is 0 Å². The molecule has 0 bridgehead atoms. The Morgan fingerprint density at radius 1 is 0.552 bits per heavy atom. The van der Waals surface area contributed by atoms with Gasteiger partial charge in [0.25, 0.3) is 0 Å². The molecule has 29 heavy (non-hydrogen) atoms. The highest BCUT2D eigenvalue weighted by Gasteiger charge is 2.27. The number of fused-ring (bicyclic) bond motifs is 1. The molecule has 2 rings (SSSR count). The van der Waals surface area contributed by atoms with Crippen molar-refractivity contribution in [3.63, 3.8) is 0 Å². The van der Waals surface area contributed by atoms with Gasteiger partial charge < -0.3 is 0 Å². The predicted molar refractivity (Wildman–Crippen MR) is 132 cm³/mol. The van der Waals surface area contributed by atoms with Crippen LogP contribution in [0.1, 0.15) is 139 Å². The Hall–Kier alpha value is -1.04. The largest absolute Gasteiger partial charge is 0.0654 e. The lowest BCUT2D eigenvalue weighted by atomic mass is 9.83. The summed E-state index contributed by atoms with van der Waals surface area (Å²) >= 11 is 0. The Balaban J connectivity index is 2.57. The number of aryl methyl sites for hydroxylation is 1. The van der Waals surface area contributed by atoms with Gasteiger partial charge >= 0.3 is 0 Å². The van der Waals surface area contributed by atoms with Crippen molar-refractivity contribution in [2.75, 3.05) is 0 Å². The van der Waals surface area contributed by atoms with Crippen molar-refractivity contribution < 1.29 is 0 Å². The van der Waals surface area contributed by atoms with Gasteiger partial charge in [0.2, 0.25) is 0 Å². The van der Waals surface area contributed by atoms with Gasteiger partial charge in [0.05, 0.1) is 0 Å². The summed E-state index contributed by atoms with van der Waals surface area (Å²) in [6, 6.07) is 2.61. The smallest absolute Gasteiger partial charge is 0.0167 e. The molecule has 0 nitrogen and oxygen atoms in total. The second-order valence-corrected chi connectivity index (χ2v) is 9.12. The van der Waals surface area contributed by atoms with Crippen LogP contribution in [0.25, 0.3) is 5.57 Å². The third-order valence-electron chi connectivity index (χ3n) is 6.63. The van der Waals surface area contributed by atoms with E-state index in [9.17, 15) is 0 Å². The molecule has 1 aromatic carbocycles. The van der Waals surface area contributed by atoms with Crippen LogP contribution in [0.15, 0.2) is 11.6 Å². The Morgan fingerprint density at radius 3 is 1.69 bits per heavy atom. The summed E-state index contributed by atoms with van der Waals surface area (Å²) in [6.07, 6.45) is 22.1. The van der Waals surface area contributed by atoms with Crippen molar-refractivity contribution in [2.24, 2.45) is 0 Å². The number of hydrogen-bond donors (Lipinski definition) is 0. The second kappa shape index (κ2) is 13.3. The van der Waals surface area contributed by atoms with Gasteiger partial charge in [-0.05, 0) is 97.6 Å². The topological polar surface area (TPSA) is 0 Å². The number of allylic oxidation sites excluding steroid dienone is 2. The summed E-state index contributed by atoms with van der Waals surface area (Å²) in [7, 11) is 0. The van der Waals surface area contributed by atoms with Crippen molar-refractivity contribution in [3.8, 4) is 0 Å². The predicted octanol–water partition coefficient (Wildman–Crippen LogP) is 9.41. The first-order chi connectivity index (χ1) is 14.2. The van der Waals surface area contributed by atoms with E-state index in [1.807, 2.05) is 0 Å². The van der Waals surface area contributed by atoms with Gasteiger partial charge in [0.1, 0.15) is 0 Å². The fraction of sp³-hybridized carbons (Fsp3) is 0.690. The molecular weight excluding hydrogens is 348 g/mol. The molecule has 1 aliphatic rings. The minimum Gasteiger partial charge on any atom is -0.0654 e. The Labute approximate surface area is 182 Å². The fourth-order valence-corrected chi connectivity index (χ4v) is 4.89. The van der Waals surface area contributed by atoms with Crippen LogP contribution < -0.4 is 0 Å². The molecule has 1 aromatic rings. The van der Waals surface area contributed by atoms with Crippen LogP contribution in [0.4, 0.5) is 0 Å². The molecule has 0 amide bonds. The third-order valence-corrected chi connectivity index (χ3v) is 6.63. The molecular formula is C29H47. The van der Waals surface area contributed by atoms with E-state index in [1.165, 1.54) is 96.3 Å². The quantitative estimate of drug-likeness (QED) is 0.277. The zero-order chi connectivity index (χ0) is 21.1. The molecule has 0 heteroatoms. The molecule has 0 spiro atoms. The third kappa shape index (κ3) is 6.47. The Kier molecular flexibility index (Phi) is 11.1. The van der Waals surface area contributed by atoms with E-state index in [0.717, 1.165) is 0 Å². The maximum atomic E-state index is 2.61. The van der Waals surface area contributed by atoms with Gasteiger partial charge in [0, 0.05) is 6.42 Å². The monoisotopic (exact) mass is 395 g/mol. The van der Waals surface area contributed by atoms with Crippen LogP contribution in [0.5, 0.6) is 0 Å². The molecule has 0 saturated carbocycles. The van der Waals surface area contributed by atoms with Gasteiger partial charge in [-0.15, -0.1) is 0 Å². The molecule has 0 unspecified atom stereocenters. The maximum absolute atomic E-state index is 2.61. The van der Waals surface area contributed by atoms with Crippen molar-refractivity contribution >= 4 is 5.57 Å². The number of unbranched alkanes of at least 4 members (excludes halogenated alkanes) is 5. The lowest BCUT2D eigenvalue weighted by Crippen LogP contribution is -2.07. The van der Waals surface area contributed by atoms with Gasteiger partial charge in [-0.2, -0.15) is 0 Å². The first kappa shape index (κ1) is 24.2.